The summed E-state index contributed by atoms with van der Waals surface area (Å²) in [6, 6.07) is 7.87. The number of para-hydroxylation sites is 1. The van der Waals surface area contributed by atoms with Crippen molar-refractivity contribution in [3.8, 4) is 17.1 Å². The Hall–Kier alpha value is -1.81. The van der Waals surface area contributed by atoms with Gasteiger partial charge >= 0.3 is 0 Å². The van der Waals surface area contributed by atoms with Gasteiger partial charge in [0.25, 0.3) is 0 Å². The quantitative estimate of drug-likeness (QED) is 0.881. The van der Waals surface area contributed by atoms with E-state index in [4.69, 9.17) is 9.15 Å². The van der Waals surface area contributed by atoms with Gasteiger partial charge in [-0.15, -0.1) is 0 Å². The molecule has 1 N–H and O–H groups in total. The number of rotatable bonds is 6. The van der Waals surface area contributed by atoms with E-state index >= 15 is 0 Å². The number of benzene rings is 1. The third-order valence-electron chi connectivity index (χ3n) is 3.00. The largest absolute Gasteiger partial charge is 0.493 e. The molecule has 2 rings (SSSR count). The van der Waals surface area contributed by atoms with Crippen LogP contribution in [0.5, 0.6) is 5.75 Å². The van der Waals surface area contributed by atoms with Crippen molar-refractivity contribution in [2.24, 2.45) is 0 Å². The second kappa shape index (κ2) is 6.76. The molecule has 0 saturated heterocycles. The maximum absolute atomic E-state index is 5.84. The van der Waals surface area contributed by atoms with E-state index in [1.807, 2.05) is 31.2 Å². The molecule has 114 valence electrons. The fraction of sp³-hybridized carbons (Fsp3) is 0.471. The van der Waals surface area contributed by atoms with E-state index in [2.05, 4.69) is 31.1 Å². The molecule has 0 fully saturated rings. The van der Waals surface area contributed by atoms with E-state index in [1.54, 1.807) is 6.20 Å². The molecular weight excluding hydrogens is 264 g/mol. The fourth-order valence-electron chi connectivity index (χ4n) is 2.05. The normalized spacial score (nSPS) is 11.6. The number of hydrogen-bond donors (Lipinski definition) is 1. The number of oxazole rings is 1. The molecule has 0 spiro atoms. The Kier molecular flexibility index (Phi) is 5.02. The van der Waals surface area contributed by atoms with Gasteiger partial charge in [0.1, 0.15) is 5.75 Å². The van der Waals surface area contributed by atoms with Crippen molar-refractivity contribution in [3.05, 3.63) is 36.4 Å². The van der Waals surface area contributed by atoms with E-state index in [-0.39, 0.29) is 5.54 Å². The van der Waals surface area contributed by atoms with Crippen LogP contribution in [-0.2, 0) is 6.42 Å². The van der Waals surface area contributed by atoms with Gasteiger partial charge in [0.05, 0.1) is 18.4 Å². The predicted octanol–water partition coefficient (Wildman–Crippen LogP) is 3.67. The van der Waals surface area contributed by atoms with Crippen LogP contribution in [0.1, 0.15) is 33.6 Å². The summed E-state index contributed by atoms with van der Waals surface area (Å²) in [6.45, 7) is 9.88. The lowest BCUT2D eigenvalue weighted by Crippen LogP contribution is -2.37. The van der Waals surface area contributed by atoms with E-state index in [0.717, 1.165) is 35.9 Å². The molecule has 0 aliphatic carbocycles. The highest BCUT2D eigenvalue weighted by atomic mass is 16.5. The molecule has 0 unspecified atom stereocenters. The zero-order valence-corrected chi connectivity index (χ0v) is 13.3. The summed E-state index contributed by atoms with van der Waals surface area (Å²) in [5, 5.41) is 3.43. The lowest BCUT2D eigenvalue weighted by molar-refractivity contribution is 0.340. The Labute approximate surface area is 126 Å². The first kappa shape index (κ1) is 15.6. The van der Waals surface area contributed by atoms with Crippen LogP contribution in [0.3, 0.4) is 0 Å². The number of ether oxygens (including phenoxy) is 1. The first-order valence-corrected chi connectivity index (χ1v) is 7.41. The van der Waals surface area contributed by atoms with Gasteiger partial charge < -0.3 is 14.5 Å². The van der Waals surface area contributed by atoms with Crippen LogP contribution in [0.4, 0.5) is 0 Å². The number of aromatic nitrogens is 1. The summed E-state index contributed by atoms with van der Waals surface area (Å²) in [4.78, 5) is 4.35. The fourth-order valence-corrected chi connectivity index (χ4v) is 2.05. The minimum absolute atomic E-state index is 0.108. The Morgan fingerprint density at radius 2 is 2.00 bits per heavy atom. The van der Waals surface area contributed by atoms with Gasteiger partial charge in [-0.05, 0) is 39.8 Å². The Balaban J connectivity index is 2.06. The molecule has 21 heavy (non-hydrogen) atoms. The predicted molar refractivity (Wildman–Crippen MR) is 84.6 cm³/mol. The molecule has 0 aliphatic rings. The standard InChI is InChI=1S/C17H24N2O2/c1-5-20-14-9-7-6-8-13(14)15-12-18-16(21-15)10-11-19-17(2,3)4/h6-9,12,19H,5,10-11H2,1-4H3. The Bertz CT molecular complexity index is 570. The van der Waals surface area contributed by atoms with Crippen molar-refractivity contribution in [2.75, 3.05) is 13.2 Å². The van der Waals surface area contributed by atoms with Crippen LogP contribution >= 0.6 is 0 Å². The molecule has 4 heteroatoms. The van der Waals surface area contributed by atoms with Gasteiger partial charge in [-0.2, -0.15) is 0 Å². The van der Waals surface area contributed by atoms with E-state index in [0.29, 0.717) is 6.61 Å². The molecule has 1 heterocycles. The molecule has 0 atom stereocenters. The average molecular weight is 288 g/mol. The molecule has 0 bridgehead atoms. The monoisotopic (exact) mass is 288 g/mol. The number of nitrogens with one attached hydrogen (secondary N) is 1. The topological polar surface area (TPSA) is 47.3 Å². The maximum atomic E-state index is 5.84. The van der Waals surface area contributed by atoms with E-state index in [1.165, 1.54) is 0 Å². The van der Waals surface area contributed by atoms with Crippen LogP contribution in [0.2, 0.25) is 0 Å². The second-order valence-electron chi connectivity index (χ2n) is 5.97. The van der Waals surface area contributed by atoms with Crippen LogP contribution in [-0.4, -0.2) is 23.7 Å². The minimum atomic E-state index is 0.108. The van der Waals surface area contributed by atoms with Crippen LogP contribution in [0, 0.1) is 0 Å². The summed E-state index contributed by atoms with van der Waals surface area (Å²) < 4.78 is 11.5. The SMILES string of the molecule is CCOc1ccccc1-c1cnc(CCNC(C)(C)C)o1. The van der Waals surface area contributed by atoms with Gasteiger partial charge in [0.2, 0.25) is 0 Å². The minimum Gasteiger partial charge on any atom is -0.493 e. The third kappa shape index (κ3) is 4.60. The summed E-state index contributed by atoms with van der Waals surface area (Å²) in [6.07, 6.45) is 2.54. The van der Waals surface area contributed by atoms with Crippen molar-refractivity contribution < 1.29 is 9.15 Å². The first-order valence-electron chi connectivity index (χ1n) is 7.41. The zero-order chi connectivity index (χ0) is 15.3. The van der Waals surface area contributed by atoms with Crippen molar-refractivity contribution in [3.63, 3.8) is 0 Å². The zero-order valence-electron chi connectivity index (χ0n) is 13.3. The molecule has 0 amide bonds. The third-order valence-corrected chi connectivity index (χ3v) is 3.00. The molecule has 2 aromatic rings. The van der Waals surface area contributed by atoms with Gasteiger partial charge in [0, 0.05) is 18.5 Å². The van der Waals surface area contributed by atoms with Gasteiger partial charge in [-0.25, -0.2) is 4.98 Å². The van der Waals surface area contributed by atoms with Crippen molar-refractivity contribution >= 4 is 0 Å². The highest BCUT2D eigenvalue weighted by Crippen LogP contribution is 2.30. The molecular formula is C17H24N2O2. The van der Waals surface area contributed by atoms with Gasteiger partial charge in [-0.1, -0.05) is 12.1 Å². The van der Waals surface area contributed by atoms with E-state index in [9.17, 15) is 0 Å². The highest BCUT2D eigenvalue weighted by molar-refractivity contribution is 5.64. The van der Waals surface area contributed by atoms with Crippen LogP contribution < -0.4 is 10.1 Å². The number of hydrogen-bond acceptors (Lipinski definition) is 4. The molecule has 1 aromatic carbocycles. The lowest BCUT2D eigenvalue weighted by atomic mass is 10.1. The summed E-state index contributed by atoms with van der Waals surface area (Å²) in [5.41, 5.74) is 1.05. The van der Waals surface area contributed by atoms with Gasteiger partial charge in [-0.3, -0.25) is 0 Å². The molecule has 0 aliphatic heterocycles. The van der Waals surface area contributed by atoms with Crippen molar-refractivity contribution in [1.29, 1.82) is 0 Å². The summed E-state index contributed by atoms with van der Waals surface area (Å²) in [7, 11) is 0. The smallest absolute Gasteiger partial charge is 0.196 e. The van der Waals surface area contributed by atoms with Crippen LogP contribution in [0.25, 0.3) is 11.3 Å². The van der Waals surface area contributed by atoms with Crippen LogP contribution in [0.15, 0.2) is 34.9 Å². The highest BCUT2D eigenvalue weighted by Gasteiger charge is 2.12. The van der Waals surface area contributed by atoms with Gasteiger partial charge in [0.15, 0.2) is 11.7 Å². The molecule has 4 nitrogen and oxygen atoms in total. The Morgan fingerprint density at radius 1 is 1.24 bits per heavy atom. The molecule has 0 radical (unpaired) electrons. The van der Waals surface area contributed by atoms with Crippen molar-refractivity contribution in [2.45, 2.75) is 39.7 Å². The van der Waals surface area contributed by atoms with Crippen molar-refractivity contribution in [1.82, 2.24) is 10.3 Å². The summed E-state index contributed by atoms with van der Waals surface area (Å²) in [5.74, 6) is 2.33. The maximum Gasteiger partial charge on any atom is 0.196 e. The number of nitrogens with zero attached hydrogens (tertiary/aromatic N) is 1. The van der Waals surface area contributed by atoms with E-state index < -0.39 is 0 Å². The molecule has 0 saturated carbocycles. The lowest BCUT2D eigenvalue weighted by Gasteiger charge is -2.19. The Morgan fingerprint density at radius 3 is 2.71 bits per heavy atom. The molecule has 1 aromatic heterocycles. The summed E-state index contributed by atoms with van der Waals surface area (Å²) >= 11 is 0. The second-order valence-corrected chi connectivity index (χ2v) is 5.97. The first-order chi connectivity index (χ1) is 9.99. The average Bonchev–Trinajstić information content (AvgIpc) is 2.87.